The van der Waals surface area contributed by atoms with E-state index in [2.05, 4.69) is 19.1 Å². The molecule has 0 unspecified atom stereocenters. The number of unbranched alkanes of at least 4 members (excludes halogenated alkanes) is 9. The van der Waals surface area contributed by atoms with Gasteiger partial charge in [-0.25, -0.2) is 4.79 Å². The highest BCUT2D eigenvalue weighted by Crippen LogP contribution is 2.10. The number of carboxylic acid groups (broad SMARTS) is 1. The molecule has 0 saturated heterocycles. The van der Waals surface area contributed by atoms with E-state index in [1.807, 2.05) is 18.2 Å². The van der Waals surface area contributed by atoms with Crippen molar-refractivity contribution in [3.8, 4) is 0 Å². The Balaban J connectivity index is 3.35. The zero-order valence-electron chi connectivity index (χ0n) is 14.0. The Morgan fingerprint density at radius 1 is 0.727 bits per heavy atom. The smallest absolute Gasteiger partial charge is 0.328 e. The van der Waals surface area contributed by atoms with Crippen molar-refractivity contribution < 1.29 is 9.90 Å². The summed E-state index contributed by atoms with van der Waals surface area (Å²) in [6.07, 6.45) is 27.7. The van der Waals surface area contributed by atoms with E-state index in [1.165, 1.54) is 63.9 Å². The second-order valence-corrected chi connectivity index (χ2v) is 5.51. The molecular formula is C20H32O2. The summed E-state index contributed by atoms with van der Waals surface area (Å²) < 4.78 is 0. The third-order valence-corrected chi connectivity index (χ3v) is 3.40. The molecule has 1 N–H and O–H groups in total. The van der Waals surface area contributed by atoms with Crippen LogP contribution in [0.2, 0.25) is 0 Å². The normalized spacial score (nSPS) is 12.4. The molecule has 0 bridgehead atoms. The molecule has 0 aromatic carbocycles. The molecule has 0 saturated carbocycles. The summed E-state index contributed by atoms with van der Waals surface area (Å²) in [4.78, 5) is 10.2. The number of hydrogen-bond donors (Lipinski definition) is 1. The van der Waals surface area contributed by atoms with Crippen LogP contribution in [0.3, 0.4) is 0 Å². The van der Waals surface area contributed by atoms with E-state index in [4.69, 9.17) is 5.11 Å². The predicted molar refractivity (Wildman–Crippen MR) is 96.0 cm³/mol. The molecule has 124 valence electrons. The molecule has 0 aliphatic rings. The SMILES string of the molecule is CCCCCCCCCCCC=CC=C/C=C\C=CC(=O)O. The van der Waals surface area contributed by atoms with Crippen LogP contribution in [-0.4, -0.2) is 11.1 Å². The molecule has 0 heterocycles. The van der Waals surface area contributed by atoms with Crippen molar-refractivity contribution >= 4 is 5.97 Å². The molecule has 0 rings (SSSR count). The first-order valence-corrected chi connectivity index (χ1v) is 8.67. The van der Waals surface area contributed by atoms with Gasteiger partial charge in [0.2, 0.25) is 0 Å². The van der Waals surface area contributed by atoms with E-state index in [0.717, 1.165) is 12.5 Å². The van der Waals surface area contributed by atoms with Crippen molar-refractivity contribution in [2.75, 3.05) is 0 Å². The van der Waals surface area contributed by atoms with Gasteiger partial charge in [-0.1, -0.05) is 101 Å². The van der Waals surface area contributed by atoms with Crippen molar-refractivity contribution in [2.24, 2.45) is 0 Å². The first kappa shape index (κ1) is 20.4. The summed E-state index contributed by atoms with van der Waals surface area (Å²) in [5.41, 5.74) is 0. The molecule has 0 aliphatic carbocycles. The van der Waals surface area contributed by atoms with Gasteiger partial charge in [-0.15, -0.1) is 0 Å². The van der Waals surface area contributed by atoms with Crippen molar-refractivity contribution in [1.29, 1.82) is 0 Å². The maximum Gasteiger partial charge on any atom is 0.328 e. The van der Waals surface area contributed by atoms with E-state index in [9.17, 15) is 4.79 Å². The summed E-state index contributed by atoms with van der Waals surface area (Å²) in [6.45, 7) is 2.26. The highest BCUT2D eigenvalue weighted by molar-refractivity contribution is 5.80. The van der Waals surface area contributed by atoms with Crippen molar-refractivity contribution in [3.05, 3.63) is 48.6 Å². The van der Waals surface area contributed by atoms with Gasteiger partial charge in [-0.2, -0.15) is 0 Å². The van der Waals surface area contributed by atoms with Crippen LogP contribution in [0.4, 0.5) is 0 Å². The quantitative estimate of drug-likeness (QED) is 0.235. The summed E-state index contributed by atoms with van der Waals surface area (Å²) in [6, 6.07) is 0. The predicted octanol–water partition coefficient (Wildman–Crippen LogP) is 6.22. The van der Waals surface area contributed by atoms with Crippen molar-refractivity contribution in [2.45, 2.75) is 71.1 Å². The average molecular weight is 304 g/mol. The first-order chi connectivity index (χ1) is 10.8. The highest BCUT2D eigenvalue weighted by Gasteiger charge is 1.90. The lowest BCUT2D eigenvalue weighted by molar-refractivity contribution is -0.131. The Morgan fingerprint density at radius 2 is 1.23 bits per heavy atom. The molecule has 0 aliphatic heterocycles. The maximum atomic E-state index is 10.2. The lowest BCUT2D eigenvalue weighted by atomic mass is 10.1. The van der Waals surface area contributed by atoms with Gasteiger partial charge < -0.3 is 5.11 Å². The van der Waals surface area contributed by atoms with Crippen LogP contribution in [-0.2, 0) is 4.79 Å². The Hall–Kier alpha value is -1.57. The zero-order valence-corrected chi connectivity index (χ0v) is 14.0. The molecule has 0 amide bonds. The Morgan fingerprint density at radius 3 is 1.82 bits per heavy atom. The minimum Gasteiger partial charge on any atom is -0.478 e. The fourth-order valence-electron chi connectivity index (χ4n) is 2.14. The fourth-order valence-corrected chi connectivity index (χ4v) is 2.14. The standard InChI is InChI=1S/C20H32O2/c1-2-3-4-5-6-7-8-9-10-11-12-13-14-15-16-17-18-19-20(21)22/h12-19H,2-11H2,1H3,(H,21,22)/b13-12?,15-14?,17-16-,19-18?. The number of carbonyl (C=O) groups is 1. The van der Waals surface area contributed by atoms with Crippen LogP contribution >= 0.6 is 0 Å². The van der Waals surface area contributed by atoms with Crippen LogP contribution in [0.25, 0.3) is 0 Å². The molecule has 0 atom stereocenters. The van der Waals surface area contributed by atoms with Gasteiger partial charge in [0.05, 0.1) is 0 Å². The lowest BCUT2D eigenvalue weighted by Gasteiger charge is -2.00. The molecule has 2 nitrogen and oxygen atoms in total. The molecule has 0 fully saturated rings. The van der Waals surface area contributed by atoms with Crippen LogP contribution in [0, 0.1) is 0 Å². The van der Waals surface area contributed by atoms with Crippen LogP contribution in [0.15, 0.2) is 48.6 Å². The van der Waals surface area contributed by atoms with Gasteiger partial charge in [-0.3, -0.25) is 0 Å². The summed E-state index contributed by atoms with van der Waals surface area (Å²) >= 11 is 0. The molecule has 22 heavy (non-hydrogen) atoms. The van der Waals surface area contributed by atoms with Crippen LogP contribution in [0.5, 0.6) is 0 Å². The molecule has 2 heteroatoms. The highest BCUT2D eigenvalue weighted by atomic mass is 16.4. The number of allylic oxidation sites excluding steroid dienone is 7. The Labute approximate surface area is 136 Å². The van der Waals surface area contributed by atoms with Crippen LogP contribution in [0.1, 0.15) is 71.1 Å². The fraction of sp³-hybridized carbons (Fsp3) is 0.550. The van der Waals surface area contributed by atoms with Gasteiger partial charge in [-0.05, 0) is 12.8 Å². The third kappa shape index (κ3) is 18.4. The van der Waals surface area contributed by atoms with E-state index >= 15 is 0 Å². The second kappa shape index (κ2) is 17.5. The molecule has 0 radical (unpaired) electrons. The van der Waals surface area contributed by atoms with Crippen molar-refractivity contribution in [1.82, 2.24) is 0 Å². The largest absolute Gasteiger partial charge is 0.478 e. The van der Waals surface area contributed by atoms with Crippen molar-refractivity contribution in [3.63, 3.8) is 0 Å². The van der Waals surface area contributed by atoms with Crippen LogP contribution < -0.4 is 0 Å². The average Bonchev–Trinajstić information content (AvgIpc) is 2.50. The van der Waals surface area contributed by atoms with E-state index in [1.54, 1.807) is 6.08 Å². The maximum absolute atomic E-state index is 10.2. The number of aliphatic carboxylic acids is 1. The topological polar surface area (TPSA) is 37.3 Å². The molecule has 0 spiro atoms. The van der Waals surface area contributed by atoms with E-state index < -0.39 is 5.97 Å². The van der Waals surface area contributed by atoms with Gasteiger partial charge >= 0.3 is 5.97 Å². The molecular weight excluding hydrogens is 272 g/mol. The Bertz CT molecular complexity index is 362. The summed E-state index contributed by atoms with van der Waals surface area (Å²) in [5, 5.41) is 8.39. The number of hydrogen-bond acceptors (Lipinski definition) is 1. The number of rotatable bonds is 14. The second-order valence-electron chi connectivity index (χ2n) is 5.51. The summed E-state index contributed by atoms with van der Waals surface area (Å²) in [5.74, 6) is -0.922. The first-order valence-electron chi connectivity index (χ1n) is 8.67. The minimum absolute atomic E-state index is 0.922. The third-order valence-electron chi connectivity index (χ3n) is 3.40. The molecule has 0 aromatic heterocycles. The molecule has 0 aromatic rings. The van der Waals surface area contributed by atoms with Gasteiger partial charge in [0.25, 0.3) is 0 Å². The van der Waals surface area contributed by atoms with Gasteiger partial charge in [0, 0.05) is 6.08 Å². The van der Waals surface area contributed by atoms with Gasteiger partial charge in [0.15, 0.2) is 0 Å². The number of carboxylic acids is 1. The summed E-state index contributed by atoms with van der Waals surface area (Å²) in [7, 11) is 0. The Kier molecular flexibility index (Phi) is 16.2. The van der Waals surface area contributed by atoms with Gasteiger partial charge in [0.1, 0.15) is 0 Å². The van der Waals surface area contributed by atoms with E-state index in [-0.39, 0.29) is 0 Å². The minimum atomic E-state index is -0.922. The monoisotopic (exact) mass is 304 g/mol. The zero-order chi connectivity index (χ0) is 16.3. The van der Waals surface area contributed by atoms with E-state index in [0.29, 0.717) is 0 Å². The lowest BCUT2D eigenvalue weighted by Crippen LogP contribution is -1.84.